The summed E-state index contributed by atoms with van der Waals surface area (Å²) in [4.78, 5) is 23.4. The van der Waals surface area contributed by atoms with Gasteiger partial charge in [-0.2, -0.15) is 0 Å². The van der Waals surface area contributed by atoms with Crippen LogP contribution in [0.25, 0.3) is 0 Å². The van der Waals surface area contributed by atoms with Crippen LogP contribution in [0.2, 0.25) is 0 Å². The van der Waals surface area contributed by atoms with Crippen molar-refractivity contribution in [1.29, 1.82) is 0 Å². The first-order valence-electron chi connectivity index (χ1n) is 7.63. The maximum absolute atomic E-state index is 12.1. The van der Waals surface area contributed by atoms with E-state index in [9.17, 15) is 14.7 Å². The van der Waals surface area contributed by atoms with Crippen molar-refractivity contribution >= 4 is 17.6 Å². The van der Waals surface area contributed by atoms with Crippen molar-refractivity contribution in [2.45, 2.75) is 52.6 Å². The Morgan fingerprint density at radius 3 is 2.50 bits per heavy atom. The molecule has 0 aromatic heterocycles. The van der Waals surface area contributed by atoms with Gasteiger partial charge in [0, 0.05) is 12.1 Å². The molecule has 1 aliphatic carbocycles. The maximum atomic E-state index is 12.1. The number of ether oxygens (including phenoxy) is 1. The van der Waals surface area contributed by atoms with E-state index in [0.717, 1.165) is 17.7 Å². The van der Waals surface area contributed by atoms with Crippen LogP contribution < -0.4 is 10.1 Å². The molecule has 0 radical (unpaired) electrons. The van der Waals surface area contributed by atoms with Crippen molar-refractivity contribution in [3.8, 4) is 5.75 Å². The number of nitrogens with one attached hydrogen (secondary N) is 1. The second kappa shape index (κ2) is 6.38. The van der Waals surface area contributed by atoms with Gasteiger partial charge < -0.3 is 15.2 Å². The van der Waals surface area contributed by atoms with Crippen LogP contribution in [0.4, 0.5) is 5.69 Å². The van der Waals surface area contributed by atoms with Gasteiger partial charge in [0.2, 0.25) is 5.91 Å². The Balaban J connectivity index is 2.00. The molecule has 2 rings (SSSR count). The molecule has 0 heterocycles. The number of amides is 1. The second-order valence-electron chi connectivity index (χ2n) is 6.31. The summed E-state index contributed by atoms with van der Waals surface area (Å²) in [6.07, 6.45) is 2.16. The van der Waals surface area contributed by atoms with Crippen LogP contribution in [0.3, 0.4) is 0 Å². The van der Waals surface area contributed by atoms with Crippen molar-refractivity contribution in [3.05, 3.63) is 23.8 Å². The molecule has 120 valence electrons. The summed E-state index contributed by atoms with van der Waals surface area (Å²) in [7, 11) is 0. The average molecular weight is 305 g/mol. The molecule has 5 heteroatoms. The zero-order valence-corrected chi connectivity index (χ0v) is 13.3. The average Bonchev–Trinajstić information content (AvgIpc) is 2.36. The lowest BCUT2D eigenvalue weighted by Gasteiger charge is -2.36. The van der Waals surface area contributed by atoms with E-state index < -0.39 is 11.4 Å². The van der Waals surface area contributed by atoms with Gasteiger partial charge in [0.15, 0.2) is 0 Å². The molecular formula is C17H23NO4. The van der Waals surface area contributed by atoms with E-state index in [0.29, 0.717) is 18.5 Å². The van der Waals surface area contributed by atoms with Crippen molar-refractivity contribution in [2.24, 2.45) is 5.41 Å². The Hall–Kier alpha value is -2.04. The summed E-state index contributed by atoms with van der Waals surface area (Å²) in [5, 5.41) is 12.1. The van der Waals surface area contributed by atoms with Crippen LogP contribution in [0, 0.1) is 12.3 Å². The minimum atomic E-state index is -0.870. The lowest BCUT2D eigenvalue weighted by molar-refractivity contribution is -0.157. The molecule has 22 heavy (non-hydrogen) atoms. The highest BCUT2D eigenvalue weighted by Gasteiger charge is 2.45. The van der Waals surface area contributed by atoms with Gasteiger partial charge in [-0.15, -0.1) is 0 Å². The van der Waals surface area contributed by atoms with E-state index >= 15 is 0 Å². The molecule has 2 N–H and O–H groups in total. The number of rotatable bonds is 6. The molecule has 0 aliphatic heterocycles. The Kier molecular flexibility index (Phi) is 4.74. The van der Waals surface area contributed by atoms with E-state index in [1.165, 1.54) is 0 Å². The maximum Gasteiger partial charge on any atom is 0.310 e. The van der Waals surface area contributed by atoms with Crippen LogP contribution in [-0.4, -0.2) is 23.1 Å². The third-order valence-electron chi connectivity index (χ3n) is 4.08. The number of hydrogen-bond acceptors (Lipinski definition) is 3. The molecule has 0 bridgehead atoms. The standard InChI is InChI=1S/C17H23NO4/c1-11(2)22-14-6-5-13(9-12(14)3)18-15(19)10-17(16(20)21)7-4-8-17/h5-6,9,11H,4,7-8,10H2,1-3H3,(H,18,19)(H,20,21). The number of benzene rings is 1. The summed E-state index contributed by atoms with van der Waals surface area (Å²) in [6, 6.07) is 5.43. The third kappa shape index (κ3) is 3.59. The van der Waals surface area contributed by atoms with Gasteiger partial charge >= 0.3 is 5.97 Å². The molecule has 0 unspecified atom stereocenters. The van der Waals surface area contributed by atoms with Crippen molar-refractivity contribution in [3.63, 3.8) is 0 Å². The zero-order valence-electron chi connectivity index (χ0n) is 13.3. The Labute approximate surface area is 130 Å². The molecule has 1 aromatic rings. The summed E-state index contributed by atoms with van der Waals surface area (Å²) < 4.78 is 5.65. The van der Waals surface area contributed by atoms with Crippen LogP contribution in [0.1, 0.15) is 45.1 Å². The molecular weight excluding hydrogens is 282 g/mol. The molecule has 0 saturated heterocycles. The highest BCUT2D eigenvalue weighted by molar-refractivity contribution is 5.94. The smallest absolute Gasteiger partial charge is 0.310 e. The molecule has 5 nitrogen and oxygen atoms in total. The van der Waals surface area contributed by atoms with Crippen molar-refractivity contribution < 1.29 is 19.4 Å². The van der Waals surface area contributed by atoms with E-state index in [1.54, 1.807) is 6.07 Å². The fourth-order valence-corrected chi connectivity index (χ4v) is 2.70. The van der Waals surface area contributed by atoms with Gasteiger partial charge in [0.25, 0.3) is 0 Å². The highest BCUT2D eigenvalue weighted by atomic mass is 16.5. The first kappa shape index (κ1) is 16.3. The molecule has 1 aliphatic rings. The Bertz CT molecular complexity index is 576. The molecule has 1 amide bonds. The Morgan fingerprint density at radius 1 is 1.36 bits per heavy atom. The monoisotopic (exact) mass is 305 g/mol. The van der Waals surface area contributed by atoms with Gasteiger partial charge in [-0.25, -0.2) is 0 Å². The van der Waals surface area contributed by atoms with Gasteiger partial charge in [0.1, 0.15) is 5.75 Å². The van der Waals surface area contributed by atoms with Gasteiger partial charge in [0.05, 0.1) is 11.5 Å². The number of aliphatic carboxylic acids is 1. The fourth-order valence-electron chi connectivity index (χ4n) is 2.70. The highest BCUT2D eigenvalue weighted by Crippen LogP contribution is 2.44. The van der Waals surface area contributed by atoms with Gasteiger partial charge in [-0.3, -0.25) is 9.59 Å². The number of anilines is 1. The van der Waals surface area contributed by atoms with Crippen LogP contribution in [0.15, 0.2) is 18.2 Å². The van der Waals surface area contributed by atoms with E-state index in [-0.39, 0.29) is 18.4 Å². The van der Waals surface area contributed by atoms with Gasteiger partial charge in [-0.05, 0) is 57.4 Å². The predicted octanol–water partition coefficient (Wildman–Crippen LogP) is 3.37. The second-order valence-corrected chi connectivity index (χ2v) is 6.31. The van der Waals surface area contributed by atoms with Crippen LogP contribution >= 0.6 is 0 Å². The minimum absolute atomic E-state index is 0.0334. The summed E-state index contributed by atoms with van der Waals surface area (Å²) in [5.41, 5.74) is 0.737. The topological polar surface area (TPSA) is 75.6 Å². The number of carboxylic acids is 1. The minimum Gasteiger partial charge on any atom is -0.491 e. The predicted molar refractivity (Wildman–Crippen MR) is 84.1 cm³/mol. The normalized spacial score (nSPS) is 16.0. The molecule has 1 fully saturated rings. The number of hydrogen-bond donors (Lipinski definition) is 2. The van der Waals surface area contributed by atoms with Gasteiger partial charge in [-0.1, -0.05) is 6.42 Å². The van der Waals surface area contributed by atoms with Crippen LogP contribution in [0.5, 0.6) is 5.75 Å². The largest absolute Gasteiger partial charge is 0.491 e. The molecule has 0 spiro atoms. The van der Waals surface area contributed by atoms with E-state index in [1.807, 2.05) is 32.9 Å². The summed E-state index contributed by atoms with van der Waals surface area (Å²) in [6.45, 7) is 5.83. The summed E-state index contributed by atoms with van der Waals surface area (Å²) in [5.74, 6) is -0.334. The van der Waals surface area contributed by atoms with Crippen LogP contribution in [-0.2, 0) is 9.59 Å². The quantitative estimate of drug-likeness (QED) is 0.845. The molecule has 0 atom stereocenters. The zero-order chi connectivity index (χ0) is 16.3. The van der Waals surface area contributed by atoms with E-state index in [2.05, 4.69) is 5.32 Å². The first-order valence-corrected chi connectivity index (χ1v) is 7.63. The Morgan fingerprint density at radius 2 is 2.05 bits per heavy atom. The lowest BCUT2D eigenvalue weighted by atomic mass is 9.66. The van der Waals surface area contributed by atoms with E-state index in [4.69, 9.17) is 4.74 Å². The number of carbonyl (C=O) groups is 2. The fraction of sp³-hybridized carbons (Fsp3) is 0.529. The van der Waals surface area contributed by atoms with Crippen molar-refractivity contribution in [2.75, 3.05) is 5.32 Å². The first-order chi connectivity index (χ1) is 10.3. The third-order valence-corrected chi connectivity index (χ3v) is 4.08. The molecule has 1 saturated carbocycles. The lowest BCUT2D eigenvalue weighted by Crippen LogP contribution is -2.41. The molecule has 1 aromatic carbocycles. The van der Waals surface area contributed by atoms with Crippen molar-refractivity contribution in [1.82, 2.24) is 0 Å². The summed E-state index contributed by atoms with van der Waals surface area (Å²) >= 11 is 0. The number of carboxylic acid groups (broad SMARTS) is 1. The number of carbonyl (C=O) groups excluding carboxylic acids is 1. The number of aryl methyl sites for hydroxylation is 1. The SMILES string of the molecule is Cc1cc(NC(=O)CC2(C(=O)O)CCC2)ccc1OC(C)C.